The first-order chi connectivity index (χ1) is 8.06. The summed E-state index contributed by atoms with van der Waals surface area (Å²) in [6.45, 7) is 2.09. The topological polar surface area (TPSA) is 0 Å². The van der Waals surface area contributed by atoms with Crippen LogP contribution in [0, 0.1) is 6.92 Å². The molecule has 0 saturated carbocycles. The summed E-state index contributed by atoms with van der Waals surface area (Å²) in [7, 11) is 0. The predicted molar refractivity (Wildman–Crippen MR) is 83.2 cm³/mol. The van der Waals surface area contributed by atoms with E-state index in [2.05, 4.69) is 69.1 Å². The van der Waals surface area contributed by atoms with Gasteiger partial charge in [-0.05, 0) is 56.8 Å². The highest BCUT2D eigenvalue weighted by molar-refractivity contribution is 9.13. The SMILES string of the molecule is Cc1ccc(CC(Cl)c2cc(Br)c(Br)s2)cc1. The number of aryl methyl sites for hydroxylation is 1. The average Bonchev–Trinajstić information content (AvgIpc) is 2.63. The van der Waals surface area contributed by atoms with Crippen molar-refractivity contribution in [1.29, 1.82) is 0 Å². The summed E-state index contributed by atoms with van der Waals surface area (Å²) < 4.78 is 2.18. The zero-order valence-electron chi connectivity index (χ0n) is 9.21. The van der Waals surface area contributed by atoms with Crippen LogP contribution in [0.4, 0.5) is 0 Å². The van der Waals surface area contributed by atoms with Crippen molar-refractivity contribution in [2.75, 3.05) is 0 Å². The molecule has 4 heteroatoms. The molecule has 0 aliphatic rings. The van der Waals surface area contributed by atoms with E-state index >= 15 is 0 Å². The Morgan fingerprint density at radius 1 is 1.24 bits per heavy atom. The van der Waals surface area contributed by atoms with Gasteiger partial charge >= 0.3 is 0 Å². The monoisotopic (exact) mass is 392 g/mol. The molecule has 0 nitrogen and oxygen atoms in total. The van der Waals surface area contributed by atoms with Gasteiger partial charge in [0.25, 0.3) is 0 Å². The Bertz CT molecular complexity index is 485. The standard InChI is InChI=1S/C13H11Br2ClS/c1-8-2-4-9(5-3-8)6-11(16)12-7-10(14)13(15)17-12/h2-5,7,11H,6H2,1H3. The van der Waals surface area contributed by atoms with Crippen LogP contribution in [-0.4, -0.2) is 0 Å². The van der Waals surface area contributed by atoms with E-state index in [9.17, 15) is 0 Å². The summed E-state index contributed by atoms with van der Waals surface area (Å²) in [5.74, 6) is 0. The van der Waals surface area contributed by atoms with Crippen LogP contribution in [0.2, 0.25) is 0 Å². The molecular formula is C13H11Br2ClS. The summed E-state index contributed by atoms with van der Waals surface area (Å²) in [6, 6.07) is 10.6. The molecule has 1 unspecified atom stereocenters. The molecule has 0 bridgehead atoms. The van der Waals surface area contributed by atoms with E-state index in [-0.39, 0.29) is 5.38 Å². The highest BCUT2D eigenvalue weighted by atomic mass is 79.9. The van der Waals surface area contributed by atoms with Crippen LogP contribution in [0.15, 0.2) is 38.6 Å². The van der Waals surface area contributed by atoms with Gasteiger partial charge in [-0.1, -0.05) is 29.8 Å². The number of thiophene rings is 1. The summed E-state index contributed by atoms with van der Waals surface area (Å²) in [5, 5.41) is 0.0327. The minimum absolute atomic E-state index is 0.0327. The van der Waals surface area contributed by atoms with Gasteiger partial charge < -0.3 is 0 Å². The number of benzene rings is 1. The maximum atomic E-state index is 6.43. The molecule has 17 heavy (non-hydrogen) atoms. The van der Waals surface area contributed by atoms with E-state index in [0.717, 1.165) is 14.7 Å². The fourth-order valence-corrected chi connectivity index (χ4v) is 3.99. The molecule has 0 aliphatic heterocycles. The second kappa shape index (κ2) is 5.87. The molecule has 2 rings (SSSR count). The van der Waals surface area contributed by atoms with Crippen LogP contribution in [0.3, 0.4) is 0 Å². The van der Waals surface area contributed by atoms with Crippen LogP contribution < -0.4 is 0 Å². The Hall–Kier alpha value is 0.170. The zero-order chi connectivity index (χ0) is 12.4. The highest BCUT2D eigenvalue weighted by Crippen LogP contribution is 2.38. The molecule has 1 atom stereocenters. The van der Waals surface area contributed by atoms with E-state index in [1.807, 2.05) is 0 Å². The van der Waals surface area contributed by atoms with Gasteiger partial charge in [0.05, 0.1) is 9.16 Å². The lowest BCUT2D eigenvalue weighted by Crippen LogP contribution is -1.93. The minimum Gasteiger partial charge on any atom is -0.130 e. The number of rotatable bonds is 3. The van der Waals surface area contributed by atoms with Gasteiger partial charge in [0.2, 0.25) is 0 Å². The second-order valence-electron chi connectivity index (χ2n) is 3.93. The Morgan fingerprint density at radius 2 is 1.88 bits per heavy atom. The van der Waals surface area contributed by atoms with Gasteiger partial charge in [-0.25, -0.2) is 0 Å². The summed E-state index contributed by atoms with van der Waals surface area (Å²) in [4.78, 5) is 1.19. The van der Waals surface area contributed by atoms with Crippen LogP contribution in [0.25, 0.3) is 0 Å². The van der Waals surface area contributed by atoms with Gasteiger partial charge in [0, 0.05) is 9.35 Å². The number of hydrogen-bond acceptors (Lipinski definition) is 1. The van der Waals surface area contributed by atoms with Crippen molar-refractivity contribution in [2.45, 2.75) is 18.7 Å². The smallest absolute Gasteiger partial charge is 0.0843 e. The zero-order valence-corrected chi connectivity index (χ0v) is 14.0. The lowest BCUT2D eigenvalue weighted by atomic mass is 10.1. The molecule has 1 aromatic carbocycles. The molecule has 0 aliphatic carbocycles. The molecule has 0 saturated heterocycles. The van der Waals surface area contributed by atoms with Crippen LogP contribution >= 0.6 is 54.8 Å². The first-order valence-electron chi connectivity index (χ1n) is 5.20. The number of halogens is 3. The normalized spacial score (nSPS) is 12.7. The van der Waals surface area contributed by atoms with Crippen molar-refractivity contribution in [3.8, 4) is 0 Å². The molecule has 0 radical (unpaired) electrons. The number of hydrogen-bond donors (Lipinski definition) is 0. The van der Waals surface area contributed by atoms with Crippen molar-refractivity contribution in [3.05, 3.63) is 54.6 Å². The quantitative estimate of drug-likeness (QED) is 0.552. The Morgan fingerprint density at radius 3 is 2.41 bits per heavy atom. The van der Waals surface area contributed by atoms with Crippen LogP contribution in [-0.2, 0) is 6.42 Å². The van der Waals surface area contributed by atoms with Gasteiger partial charge in [-0.15, -0.1) is 22.9 Å². The Kier molecular flexibility index (Phi) is 4.70. The van der Waals surface area contributed by atoms with Crippen molar-refractivity contribution in [2.24, 2.45) is 0 Å². The summed E-state index contributed by atoms with van der Waals surface area (Å²) in [5.41, 5.74) is 2.55. The molecule has 0 spiro atoms. The van der Waals surface area contributed by atoms with Crippen molar-refractivity contribution < 1.29 is 0 Å². The Balaban J connectivity index is 2.11. The van der Waals surface area contributed by atoms with E-state index in [0.29, 0.717) is 0 Å². The molecule has 0 amide bonds. The molecule has 0 fully saturated rings. The van der Waals surface area contributed by atoms with E-state index < -0.39 is 0 Å². The maximum absolute atomic E-state index is 6.43. The molecule has 2 aromatic rings. The first-order valence-corrected chi connectivity index (χ1v) is 8.04. The summed E-state index contributed by atoms with van der Waals surface area (Å²) >= 11 is 15.1. The third-order valence-electron chi connectivity index (χ3n) is 2.51. The maximum Gasteiger partial charge on any atom is 0.0843 e. The molecular weight excluding hydrogens is 383 g/mol. The van der Waals surface area contributed by atoms with E-state index in [1.54, 1.807) is 11.3 Å². The van der Waals surface area contributed by atoms with E-state index in [1.165, 1.54) is 16.0 Å². The van der Waals surface area contributed by atoms with Crippen molar-refractivity contribution in [3.63, 3.8) is 0 Å². The molecule has 1 heterocycles. The lowest BCUT2D eigenvalue weighted by Gasteiger charge is -2.07. The Labute approximate surface area is 127 Å². The lowest BCUT2D eigenvalue weighted by molar-refractivity contribution is 0.939. The third kappa shape index (κ3) is 3.57. The average molecular weight is 395 g/mol. The second-order valence-corrected chi connectivity index (χ2v) is 7.71. The van der Waals surface area contributed by atoms with Crippen molar-refractivity contribution >= 4 is 54.8 Å². The van der Waals surface area contributed by atoms with Gasteiger partial charge in [0.1, 0.15) is 0 Å². The van der Waals surface area contributed by atoms with Crippen LogP contribution in [0.5, 0.6) is 0 Å². The molecule has 1 aromatic heterocycles. The van der Waals surface area contributed by atoms with Crippen LogP contribution in [0.1, 0.15) is 21.4 Å². The predicted octanol–water partition coefficient (Wildman–Crippen LogP) is 6.10. The molecule has 0 N–H and O–H groups in total. The third-order valence-corrected chi connectivity index (χ3v) is 6.40. The molecule has 90 valence electrons. The fourth-order valence-electron chi connectivity index (χ4n) is 1.55. The highest BCUT2D eigenvalue weighted by Gasteiger charge is 2.13. The van der Waals surface area contributed by atoms with Gasteiger partial charge in [-0.3, -0.25) is 0 Å². The first kappa shape index (κ1) is 13.6. The minimum atomic E-state index is 0.0327. The summed E-state index contributed by atoms with van der Waals surface area (Å²) in [6.07, 6.45) is 0.862. The largest absolute Gasteiger partial charge is 0.130 e. The number of alkyl halides is 1. The van der Waals surface area contributed by atoms with E-state index in [4.69, 9.17) is 11.6 Å². The van der Waals surface area contributed by atoms with Gasteiger partial charge in [-0.2, -0.15) is 0 Å². The fraction of sp³-hybridized carbons (Fsp3) is 0.231. The van der Waals surface area contributed by atoms with Crippen molar-refractivity contribution in [1.82, 2.24) is 0 Å². The van der Waals surface area contributed by atoms with Gasteiger partial charge in [0.15, 0.2) is 0 Å².